The molecule has 8 atom stereocenters. The summed E-state index contributed by atoms with van der Waals surface area (Å²) < 4.78 is 6.07. The van der Waals surface area contributed by atoms with Crippen LogP contribution >= 0.6 is 46.4 Å². The van der Waals surface area contributed by atoms with E-state index >= 15 is 0 Å². The summed E-state index contributed by atoms with van der Waals surface area (Å²) in [6.45, 7) is 2.21. The summed E-state index contributed by atoms with van der Waals surface area (Å²) in [5.74, 6) is -2.37. The number of hydrogen-bond donors (Lipinski definition) is 0. The molecule has 2 aliphatic carbocycles. The van der Waals surface area contributed by atoms with Crippen molar-refractivity contribution in [3.63, 3.8) is 0 Å². The molecule has 0 N–H and O–H groups in total. The molecule has 0 aromatic carbocycles. The summed E-state index contributed by atoms with van der Waals surface area (Å²) in [5.41, 5.74) is 0. The lowest BCUT2D eigenvalue weighted by Gasteiger charge is -2.40. The first-order valence-electron chi connectivity index (χ1n) is 8.37. The van der Waals surface area contributed by atoms with E-state index in [2.05, 4.69) is 0 Å². The number of allylic oxidation sites excluding steroid dienone is 2. The highest BCUT2D eigenvalue weighted by molar-refractivity contribution is 6.51. The van der Waals surface area contributed by atoms with Gasteiger partial charge in [-0.1, -0.05) is 30.1 Å². The van der Waals surface area contributed by atoms with Crippen molar-refractivity contribution in [1.82, 2.24) is 5.06 Å². The van der Waals surface area contributed by atoms with Crippen LogP contribution in [0.25, 0.3) is 0 Å². The van der Waals surface area contributed by atoms with Crippen LogP contribution in [0, 0.1) is 23.7 Å². The normalized spacial score (nSPS) is 52.6. The van der Waals surface area contributed by atoms with Crippen LogP contribution in [0.15, 0.2) is 10.1 Å². The average molecular weight is 427 g/mol. The Hall–Kier alpha value is -0.0400. The summed E-state index contributed by atoms with van der Waals surface area (Å²) in [7, 11) is 0. The van der Waals surface area contributed by atoms with Crippen LogP contribution in [0.1, 0.15) is 19.8 Å². The van der Waals surface area contributed by atoms with Crippen molar-refractivity contribution in [2.24, 2.45) is 23.7 Å². The van der Waals surface area contributed by atoms with E-state index in [-0.39, 0.29) is 23.7 Å². The van der Waals surface area contributed by atoms with Gasteiger partial charge < -0.3 is 4.74 Å². The van der Waals surface area contributed by atoms with Crippen LogP contribution in [-0.4, -0.2) is 45.4 Å². The summed E-state index contributed by atoms with van der Waals surface area (Å²) in [4.78, 5) is 29.0. The molecule has 2 amide bonds. The number of alkyl halides is 2. The third-order valence-electron chi connectivity index (χ3n) is 6.39. The molecule has 0 aromatic rings. The highest BCUT2D eigenvalue weighted by atomic mass is 35.5. The van der Waals surface area contributed by atoms with Gasteiger partial charge in [-0.15, -0.1) is 23.2 Å². The van der Waals surface area contributed by atoms with Crippen LogP contribution in [0.3, 0.4) is 0 Å². The number of carbonyl (C=O) groups excluding carboxylic acids is 2. The summed E-state index contributed by atoms with van der Waals surface area (Å²) in [6.07, 6.45) is 0.0995. The second-order valence-electron chi connectivity index (χ2n) is 7.50. The SMILES string of the molecule is CCCON1C(=O)[C@@H]2[C@H]3O[C@@H]([C@@H]2C1=O)[C@@H]1[C@@H]3[C@@]2(Cl)C[C@@]1(Cl)C(Cl)=C2Cl. The number of carbonyl (C=O) groups is 2. The number of imide groups is 1. The minimum absolute atomic E-state index is 0.240. The molecule has 4 bridgehead atoms. The van der Waals surface area contributed by atoms with Crippen molar-refractivity contribution in [1.29, 1.82) is 0 Å². The molecular formula is C16H15Cl4NO4. The average Bonchev–Trinajstić information content (AvgIpc) is 3.29. The number of nitrogens with zero attached hydrogens (tertiary/aromatic N) is 1. The first-order chi connectivity index (χ1) is 11.8. The molecule has 4 fully saturated rings. The molecule has 1 saturated carbocycles. The predicted molar refractivity (Wildman–Crippen MR) is 91.2 cm³/mol. The molecule has 0 unspecified atom stereocenters. The molecule has 5 rings (SSSR count). The molecule has 0 radical (unpaired) electrons. The zero-order valence-corrected chi connectivity index (χ0v) is 16.2. The maximum Gasteiger partial charge on any atom is 0.260 e. The molecule has 136 valence electrons. The molecule has 0 spiro atoms. The summed E-state index contributed by atoms with van der Waals surface area (Å²) in [6, 6.07) is 0. The molecule has 3 saturated heterocycles. The van der Waals surface area contributed by atoms with E-state index in [0.717, 1.165) is 5.06 Å². The van der Waals surface area contributed by atoms with Crippen LogP contribution in [-0.2, 0) is 19.2 Å². The maximum atomic E-state index is 12.8. The summed E-state index contributed by atoms with van der Waals surface area (Å²) >= 11 is 26.5. The van der Waals surface area contributed by atoms with Gasteiger partial charge in [0.2, 0.25) is 0 Å². The fraction of sp³-hybridized carbons (Fsp3) is 0.750. The number of hydrogen-bond acceptors (Lipinski definition) is 4. The molecular weight excluding hydrogens is 412 g/mol. The van der Waals surface area contributed by atoms with Gasteiger partial charge in [0.05, 0.1) is 50.5 Å². The lowest BCUT2D eigenvalue weighted by atomic mass is 9.65. The van der Waals surface area contributed by atoms with Gasteiger partial charge in [-0.3, -0.25) is 14.4 Å². The Morgan fingerprint density at radius 3 is 2.00 bits per heavy atom. The molecule has 9 heteroatoms. The first kappa shape index (κ1) is 17.1. The number of rotatable bonds is 3. The molecule has 0 aromatic heterocycles. The van der Waals surface area contributed by atoms with Gasteiger partial charge in [-0.25, -0.2) is 0 Å². The number of hydroxylamine groups is 2. The minimum atomic E-state index is -0.934. The Morgan fingerprint density at radius 1 is 1.08 bits per heavy atom. The van der Waals surface area contributed by atoms with Crippen molar-refractivity contribution in [3.05, 3.63) is 10.1 Å². The quantitative estimate of drug-likeness (QED) is 0.514. The van der Waals surface area contributed by atoms with Crippen LogP contribution in [0.5, 0.6) is 0 Å². The highest BCUT2D eigenvalue weighted by Crippen LogP contribution is 2.75. The van der Waals surface area contributed by atoms with Crippen molar-refractivity contribution >= 4 is 58.2 Å². The molecule has 3 heterocycles. The Bertz CT molecular complexity index is 690. The van der Waals surface area contributed by atoms with Gasteiger partial charge in [0.25, 0.3) is 11.8 Å². The van der Waals surface area contributed by atoms with Gasteiger partial charge in [-0.2, -0.15) is 5.06 Å². The smallest absolute Gasteiger partial charge is 0.260 e. The second kappa shape index (κ2) is 5.06. The second-order valence-corrected chi connectivity index (χ2v) is 9.61. The Labute approximate surface area is 164 Å². The van der Waals surface area contributed by atoms with E-state index in [1.807, 2.05) is 6.92 Å². The molecule has 5 aliphatic rings. The standard InChI is InChI=1S/C16H15Cl4NO4/c1-2-3-24-21-13(22)5-6(14(21)23)10-8-7(9(5)25-10)15(19)4-16(8,20)12(18)11(15)17/h5-10H,2-4H2,1H3/t5-,6+,7-,8-,9+,10-,15-,16-/m0/s1. The van der Waals surface area contributed by atoms with E-state index in [1.54, 1.807) is 0 Å². The maximum absolute atomic E-state index is 12.8. The highest BCUT2D eigenvalue weighted by Gasteiger charge is 2.82. The monoisotopic (exact) mass is 425 g/mol. The lowest BCUT2D eigenvalue weighted by molar-refractivity contribution is -0.192. The topological polar surface area (TPSA) is 55.8 Å². The zero-order valence-electron chi connectivity index (χ0n) is 13.2. The minimum Gasteiger partial charge on any atom is -0.373 e. The van der Waals surface area contributed by atoms with Crippen molar-refractivity contribution in [3.8, 4) is 0 Å². The third kappa shape index (κ3) is 1.72. The van der Waals surface area contributed by atoms with Gasteiger partial charge in [0.15, 0.2) is 0 Å². The lowest BCUT2D eigenvalue weighted by Crippen LogP contribution is -2.50. The van der Waals surface area contributed by atoms with Crippen LogP contribution in [0.2, 0.25) is 0 Å². The Balaban J connectivity index is 1.56. The van der Waals surface area contributed by atoms with Crippen molar-refractivity contribution in [2.75, 3.05) is 6.61 Å². The van der Waals surface area contributed by atoms with Gasteiger partial charge in [0, 0.05) is 11.8 Å². The van der Waals surface area contributed by atoms with E-state index < -0.39 is 33.8 Å². The van der Waals surface area contributed by atoms with E-state index in [9.17, 15) is 9.59 Å². The molecule has 5 nitrogen and oxygen atoms in total. The third-order valence-corrected chi connectivity index (χ3v) is 8.88. The van der Waals surface area contributed by atoms with E-state index in [0.29, 0.717) is 29.5 Å². The Morgan fingerprint density at radius 2 is 1.56 bits per heavy atom. The largest absolute Gasteiger partial charge is 0.373 e. The summed E-state index contributed by atoms with van der Waals surface area (Å²) in [5, 5.41) is 1.59. The molecule has 25 heavy (non-hydrogen) atoms. The fourth-order valence-corrected chi connectivity index (χ4v) is 7.59. The van der Waals surface area contributed by atoms with Gasteiger partial charge in [0.1, 0.15) is 0 Å². The number of fused-ring (bicyclic) bond motifs is 12. The number of ether oxygens (including phenoxy) is 1. The predicted octanol–water partition coefficient (Wildman–Crippen LogP) is 3.00. The van der Waals surface area contributed by atoms with Crippen LogP contribution < -0.4 is 0 Å². The first-order valence-corrected chi connectivity index (χ1v) is 9.88. The number of amides is 2. The zero-order chi connectivity index (χ0) is 17.9. The van der Waals surface area contributed by atoms with Gasteiger partial charge in [-0.05, 0) is 12.8 Å². The van der Waals surface area contributed by atoms with E-state index in [4.69, 9.17) is 56.0 Å². The van der Waals surface area contributed by atoms with Crippen LogP contribution in [0.4, 0.5) is 0 Å². The van der Waals surface area contributed by atoms with Gasteiger partial charge >= 0.3 is 0 Å². The Kier molecular flexibility index (Phi) is 3.46. The van der Waals surface area contributed by atoms with Crippen molar-refractivity contribution in [2.45, 2.75) is 41.7 Å². The van der Waals surface area contributed by atoms with E-state index in [1.165, 1.54) is 0 Å². The molecule has 3 aliphatic heterocycles. The fourth-order valence-electron chi connectivity index (χ4n) is 5.57. The number of halogens is 4. The van der Waals surface area contributed by atoms with Crippen molar-refractivity contribution < 1.29 is 19.2 Å².